The fraction of sp³-hybridized carbons (Fsp3) is 0.143. The molecule has 0 aliphatic rings. The average molecular weight is 345 g/mol. The minimum atomic E-state index is -0.279. The Morgan fingerprint density at radius 3 is 2.79 bits per heavy atom. The maximum absolute atomic E-state index is 13.6. The summed E-state index contributed by atoms with van der Waals surface area (Å²) in [6, 6.07) is 10.1. The molecule has 0 spiro atoms. The van der Waals surface area contributed by atoms with Crippen molar-refractivity contribution in [2.45, 2.75) is 6.54 Å². The smallest absolute Gasteiger partial charge is 0.128 e. The summed E-state index contributed by atoms with van der Waals surface area (Å²) in [5.74, 6) is 0.447. The lowest BCUT2D eigenvalue weighted by molar-refractivity contribution is 0.414. The van der Waals surface area contributed by atoms with E-state index in [0.29, 0.717) is 17.1 Å². The van der Waals surface area contributed by atoms with Gasteiger partial charge in [-0.05, 0) is 30.3 Å². The Morgan fingerprint density at radius 2 is 2.05 bits per heavy atom. The normalized spacial score (nSPS) is 10.3. The van der Waals surface area contributed by atoms with Crippen molar-refractivity contribution in [3.8, 4) is 5.75 Å². The Labute approximate surface area is 124 Å². The molecule has 5 heteroatoms. The first-order chi connectivity index (χ1) is 9.08. The molecule has 2 aromatic rings. The SMILES string of the molecule is COc1cc(Br)cc(NCc2cc(Cl)ccc2F)c1. The van der Waals surface area contributed by atoms with E-state index in [1.54, 1.807) is 13.2 Å². The zero-order valence-corrected chi connectivity index (χ0v) is 12.6. The molecule has 0 aliphatic heterocycles. The maximum atomic E-state index is 13.6. The molecule has 0 saturated carbocycles. The largest absolute Gasteiger partial charge is 0.497 e. The molecule has 0 saturated heterocycles. The molecule has 0 bridgehead atoms. The Morgan fingerprint density at radius 1 is 1.26 bits per heavy atom. The summed E-state index contributed by atoms with van der Waals surface area (Å²) in [5.41, 5.74) is 1.36. The number of ether oxygens (including phenoxy) is 1. The van der Waals surface area contributed by atoms with Gasteiger partial charge < -0.3 is 10.1 Å². The lowest BCUT2D eigenvalue weighted by Gasteiger charge is -2.10. The molecule has 0 unspecified atom stereocenters. The van der Waals surface area contributed by atoms with Crippen molar-refractivity contribution in [1.82, 2.24) is 0 Å². The molecule has 1 N–H and O–H groups in total. The third-order valence-electron chi connectivity index (χ3n) is 2.60. The second-order valence-corrected chi connectivity index (χ2v) is 5.32. The summed E-state index contributed by atoms with van der Waals surface area (Å²) < 4.78 is 19.6. The lowest BCUT2D eigenvalue weighted by atomic mass is 10.2. The van der Waals surface area contributed by atoms with E-state index in [2.05, 4.69) is 21.2 Å². The van der Waals surface area contributed by atoms with Gasteiger partial charge in [-0.3, -0.25) is 0 Å². The molecule has 0 radical (unpaired) electrons. The fourth-order valence-electron chi connectivity index (χ4n) is 1.66. The molecular weight excluding hydrogens is 333 g/mol. The highest BCUT2D eigenvalue weighted by molar-refractivity contribution is 9.10. The minimum Gasteiger partial charge on any atom is -0.497 e. The number of rotatable bonds is 4. The third-order valence-corrected chi connectivity index (χ3v) is 3.29. The predicted molar refractivity (Wildman–Crippen MR) is 79.4 cm³/mol. The van der Waals surface area contributed by atoms with Crippen LogP contribution in [0, 0.1) is 5.82 Å². The molecule has 0 aliphatic carbocycles. The van der Waals surface area contributed by atoms with Crippen molar-refractivity contribution in [2.75, 3.05) is 12.4 Å². The van der Waals surface area contributed by atoms with Gasteiger partial charge in [-0.25, -0.2) is 4.39 Å². The first kappa shape index (κ1) is 14.2. The third kappa shape index (κ3) is 3.85. The zero-order chi connectivity index (χ0) is 13.8. The Hall–Kier alpha value is -1.26. The van der Waals surface area contributed by atoms with Crippen molar-refractivity contribution in [2.24, 2.45) is 0 Å². The Bertz CT molecular complexity index is 592. The topological polar surface area (TPSA) is 21.3 Å². The van der Waals surface area contributed by atoms with Crippen LogP contribution in [-0.4, -0.2) is 7.11 Å². The van der Waals surface area contributed by atoms with Crippen LogP contribution in [0.5, 0.6) is 5.75 Å². The highest BCUT2D eigenvalue weighted by Crippen LogP contribution is 2.25. The number of hydrogen-bond donors (Lipinski definition) is 1. The summed E-state index contributed by atoms with van der Waals surface area (Å²) in [7, 11) is 1.60. The van der Waals surface area contributed by atoms with Crippen LogP contribution in [0.4, 0.5) is 10.1 Å². The summed E-state index contributed by atoms with van der Waals surface area (Å²) >= 11 is 9.24. The molecule has 0 aromatic heterocycles. The maximum Gasteiger partial charge on any atom is 0.128 e. The van der Waals surface area contributed by atoms with E-state index in [4.69, 9.17) is 16.3 Å². The second-order valence-electron chi connectivity index (χ2n) is 3.97. The van der Waals surface area contributed by atoms with Gasteiger partial charge in [0.15, 0.2) is 0 Å². The van der Waals surface area contributed by atoms with Gasteiger partial charge in [0.2, 0.25) is 0 Å². The van der Waals surface area contributed by atoms with Crippen LogP contribution < -0.4 is 10.1 Å². The van der Waals surface area contributed by atoms with Gasteiger partial charge in [0.05, 0.1) is 7.11 Å². The lowest BCUT2D eigenvalue weighted by Crippen LogP contribution is -2.02. The van der Waals surface area contributed by atoms with Gasteiger partial charge in [0.25, 0.3) is 0 Å². The molecule has 100 valence electrons. The molecule has 0 heterocycles. The molecule has 19 heavy (non-hydrogen) atoms. The Kier molecular flexibility index (Phi) is 4.66. The van der Waals surface area contributed by atoms with Gasteiger partial charge in [0.1, 0.15) is 11.6 Å². The van der Waals surface area contributed by atoms with Gasteiger partial charge >= 0.3 is 0 Å². The van der Waals surface area contributed by atoms with Crippen molar-refractivity contribution < 1.29 is 9.13 Å². The van der Waals surface area contributed by atoms with Gasteiger partial charge in [0, 0.05) is 33.4 Å². The second kappa shape index (κ2) is 6.26. The molecule has 0 amide bonds. The number of nitrogens with one attached hydrogen (secondary N) is 1. The number of benzene rings is 2. The van der Waals surface area contributed by atoms with Gasteiger partial charge in [-0.1, -0.05) is 27.5 Å². The minimum absolute atomic E-state index is 0.279. The molecule has 0 atom stereocenters. The van der Waals surface area contributed by atoms with E-state index in [1.807, 2.05) is 18.2 Å². The summed E-state index contributed by atoms with van der Waals surface area (Å²) in [6.45, 7) is 0.353. The first-order valence-electron chi connectivity index (χ1n) is 5.61. The summed E-state index contributed by atoms with van der Waals surface area (Å²) in [4.78, 5) is 0. The summed E-state index contributed by atoms with van der Waals surface area (Å²) in [5, 5.41) is 3.65. The highest BCUT2D eigenvalue weighted by atomic mass is 79.9. The standard InChI is InChI=1S/C14H12BrClFNO/c1-19-13-6-10(15)5-12(7-13)18-8-9-4-11(16)2-3-14(9)17/h2-7,18H,8H2,1H3. The number of hydrogen-bond acceptors (Lipinski definition) is 2. The first-order valence-corrected chi connectivity index (χ1v) is 6.78. The fourth-order valence-corrected chi connectivity index (χ4v) is 2.33. The monoisotopic (exact) mass is 343 g/mol. The van der Waals surface area contributed by atoms with Crippen LogP contribution >= 0.6 is 27.5 Å². The molecule has 0 fully saturated rings. The van der Waals surface area contributed by atoms with E-state index >= 15 is 0 Å². The molecular formula is C14H12BrClFNO. The van der Waals surface area contributed by atoms with E-state index in [1.165, 1.54) is 12.1 Å². The van der Waals surface area contributed by atoms with E-state index < -0.39 is 0 Å². The zero-order valence-electron chi connectivity index (χ0n) is 10.2. The van der Waals surface area contributed by atoms with Crippen molar-refractivity contribution in [1.29, 1.82) is 0 Å². The van der Waals surface area contributed by atoms with Crippen LogP contribution in [0.2, 0.25) is 5.02 Å². The van der Waals surface area contributed by atoms with Crippen LogP contribution in [0.25, 0.3) is 0 Å². The predicted octanol–water partition coefficient (Wildman–Crippen LogP) is 4.86. The molecule has 2 rings (SSSR count). The van der Waals surface area contributed by atoms with Crippen molar-refractivity contribution in [3.63, 3.8) is 0 Å². The van der Waals surface area contributed by atoms with Gasteiger partial charge in [-0.15, -0.1) is 0 Å². The number of halogens is 3. The summed E-state index contributed by atoms with van der Waals surface area (Å²) in [6.07, 6.45) is 0. The number of methoxy groups -OCH3 is 1. The van der Waals surface area contributed by atoms with Crippen molar-refractivity contribution >= 4 is 33.2 Å². The average Bonchev–Trinajstić information content (AvgIpc) is 2.39. The van der Waals surface area contributed by atoms with Crippen LogP contribution in [0.15, 0.2) is 40.9 Å². The highest BCUT2D eigenvalue weighted by Gasteiger charge is 2.04. The van der Waals surface area contributed by atoms with Crippen LogP contribution in [0.1, 0.15) is 5.56 Å². The molecule has 2 aromatic carbocycles. The Balaban J connectivity index is 2.14. The van der Waals surface area contributed by atoms with Gasteiger partial charge in [-0.2, -0.15) is 0 Å². The number of anilines is 1. The quantitative estimate of drug-likeness (QED) is 0.855. The van der Waals surface area contributed by atoms with Crippen molar-refractivity contribution in [3.05, 3.63) is 57.3 Å². The van der Waals surface area contributed by atoms with E-state index in [0.717, 1.165) is 15.9 Å². The van der Waals surface area contributed by atoms with E-state index in [9.17, 15) is 4.39 Å². The molecule has 2 nitrogen and oxygen atoms in total. The van der Waals surface area contributed by atoms with Crippen LogP contribution in [0.3, 0.4) is 0 Å². The van der Waals surface area contributed by atoms with E-state index in [-0.39, 0.29) is 5.82 Å². The van der Waals surface area contributed by atoms with Crippen LogP contribution in [-0.2, 0) is 6.54 Å².